The fourth-order valence-corrected chi connectivity index (χ4v) is 3.81. The molecule has 3 heteroatoms. The van der Waals surface area contributed by atoms with Crippen LogP contribution in [0.2, 0.25) is 0 Å². The van der Waals surface area contributed by atoms with Gasteiger partial charge in [0, 0.05) is 17.4 Å². The zero-order chi connectivity index (χ0) is 19.5. The molecule has 1 aliphatic carbocycles. The van der Waals surface area contributed by atoms with Gasteiger partial charge >= 0.3 is 0 Å². The van der Waals surface area contributed by atoms with E-state index in [1.54, 1.807) is 21.3 Å². The number of methoxy groups -OCH3 is 3. The summed E-state index contributed by atoms with van der Waals surface area (Å²) in [4.78, 5) is 0. The summed E-state index contributed by atoms with van der Waals surface area (Å²) in [6, 6.07) is 22.9. The molecule has 0 spiro atoms. The Bertz CT molecular complexity index is 935. The first-order valence-electron chi connectivity index (χ1n) is 9.27. The summed E-state index contributed by atoms with van der Waals surface area (Å²) < 4.78 is 17.0. The van der Waals surface area contributed by atoms with Crippen molar-refractivity contribution in [3.8, 4) is 17.2 Å². The minimum Gasteiger partial charge on any atom is -0.493 e. The smallest absolute Gasteiger partial charge is 0.203 e. The monoisotopic (exact) mass is 371 g/mol. The van der Waals surface area contributed by atoms with E-state index >= 15 is 0 Å². The maximum atomic E-state index is 5.81. The van der Waals surface area contributed by atoms with Gasteiger partial charge in [0.25, 0.3) is 0 Å². The van der Waals surface area contributed by atoms with Crippen LogP contribution in [0.15, 0.2) is 66.7 Å². The van der Waals surface area contributed by atoms with Gasteiger partial charge in [0.15, 0.2) is 11.5 Å². The van der Waals surface area contributed by atoms with Crippen LogP contribution in [0.4, 0.5) is 0 Å². The van der Waals surface area contributed by atoms with Crippen LogP contribution in [-0.2, 0) is 6.42 Å². The van der Waals surface area contributed by atoms with E-state index in [-0.39, 0.29) is 0 Å². The predicted octanol–water partition coefficient (Wildman–Crippen LogP) is 5.07. The standard InChI is InChI=1S/C25H23O3/c1-26-22-16-21-19(14-17-10-6-4-7-11-17)15-20(18-12-8-5-9-13-18)23(21)25(28-3)24(22)27-2/h4-13,15-16H,14H2,1-3H3. The fourth-order valence-electron chi connectivity index (χ4n) is 3.81. The summed E-state index contributed by atoms with van der Waals surface area (Å²) in [7, 11) is 4.97. The molecule has 141 valence electrons. The molecule has 3 aromatic rings. The average molecular weight is 371 g/mol. The number of hydrogen-bond donors (Lipinski definition) is 0. The molecule has 3 aromatic carbocycles. The van der Waals surface area contributed by atoms with Crippen LogP contribution in [0.1, 0.15) is 22.3 Å². The molecule has 28 heavy (non-hydrogen) atoms. The first kappa shape index (κ1) is 18.4. The van der Waals surface area contributed by atoms with Crippen molar-refractivity contribution in [2.24, 2.45) is 0 Å². The highest BCUT2D eigenvalue weighted by Gasteiger charge is 2.38. The van der Waals surface area contributed by atoms with Gasteiger partial charge in [-0.1, -0.05) is 60.7 Å². The summed E-state index contributed by atoms with van der Waals surface area (Å²) in [5.74, 6) is 4.37. The van der Waals surface area contributed by atoms with Crippen LogP contribution < -0.4 is 14.2 Å². The first-order valence-corrected chi connectivity index (χ1v) is 9.27. The van der Waals surface area contributed by atoms with Crippen molar-refractivity contribution in [3.63, 3.8) is 0 Å². The molecule has 3 nitrogen and oxygen atoms in total. The summed E-state index contributed by atoms with van der Waals surface area (Å²) in [5, 5.41) is 0. The molecule has 0 atom stereocenters. The van der Waals surface area contributed by atoms with Crippen molar-refractivity contribution >= 4 is 0 Å². The lowest BCUT2D eigenvalue weighted by Gasteiger charge is -2.19. The molecular weight excluding hydrogens is 348 g/mol. The Kier molecular flexibility index (Phi) is 5.25. The quantitative estimate of drug-likeness (QED) is 0.606. The Morgan fingerprint density at radius 3 is 1.96 bits per heavy atom. The molecule has 1 aliphatic rings. The minimum atomic E-state index is 0.617. The van der Waals surface area contributed by atoms with E-state index in [0.717, 1.165) is 29.0 Å². The third-order valence-electron chi connectivity index (χ3n) is 5.09. The molecule has 0 fully saturated rings. The second-order valence-corrected chi connectivity index (χ2v) is 6.68. The molecule has 0 N–H and O–H groups in total. The van der Waals surface area contributed by atoms with E-state index < -0.39 is 0 Å². The van der Waals surface area contributed by atoms with E-state index in [9.17, 15) is 0 Å². The number of ether oxygens (including phenoxy) is 3. The van der Waals surface area contributed by atoms with Crippen molar-refractivity contribution in [1.29, 1.82) is 0 Å². The maximum Gasteiger partial charge on any atom is 0.203 e. The summed E-state index contributed by atoms with van der Waals surface area (Å²) in [6.45, 7) is 0. The largest absolute Gasteiger partial charge is 0.493 e. The Labute approximate surface area is 166 Å². The summed E-state index contributed by atoms with van der Waals surface area (Å²) >= 11 is 0. The second-order valence-electron chi connectivity index (χ2n) is 6.68. The molecule has 3 radical (unpaired) electrons. The Hall–Kier alpha value is -2.94. The summed E-state index contributed by atoms with van der Waals surface area (Å²) in [5.41, 5.74) is 4.59. The number of hydrogen-bond acceptors (Lipinski definition) is 3. The van der Waals surface area contributed by atoms with Crippen molar-refractivity contribution < 1.29 is 14.2 Å². The van der Waals surface area contributed by atoms with Crippen molar-refractivity contribution in [3.05, 3.63) is 107 Å². The Balaban J connectivity index is 1.86. The molecule has 0 heterocycles. The zero-order valence-electron chi connectivity index (χ0n) is 16.4. The van der Waals surface area contributed by atoms with E-state index in [4.69, 9.17) is 14.2 Å². The average Bonchev–Trinajstić information content (AvgIpc) is 3.11. The Morgan fingerprint density at radius 1 is 0.714 bits per heavy atom. The molecule has 0 unspecified atom stereocenters. The van der Waals surface area contributed by atoms with E-state index in [0.29, 0.717) is 17.2 Å². The molecule has 4 rings (SSSR count). The van der Waals surface area contributed by atoms with Gasteiger partial charge in [-0.3, -0.25) is 0 Å². The lowest BCUT2D eigenvalue weighted by Crippen LogP contribution is -2.04. The van der Waals surface area contributed by atoms with Crippen LogP contribution in [-0.4, -0.2) is 21.3 Å². The lowest BCUT2D eigenvalue weighted by molar-refractivity contribution is 0.323. The highest BCUT2D eigenvalue weighted by molar-refractivity contribution is 5.76. The van der Waals surface area contributed by atoms with Gasteiger partial charge in [0.1, 0.15) is 0 Å². The summed E-state index contributed by atoms with van der Waals surface area (Å²) in [6.07, 6.45) is 3.09. The van der Waals surface area contributed by atoms with Crippen molar-refractivity contribution in [2.75, 3.05) is 21.3 Å². The number of fused-ring (bicyclic) bond motifs is 1. The highest BCUT2D eigenvalue weighted by atomic mass is 16.5. The van der Waals surface area contributed by atoms with Gasteiger partial charge in [0.05, 0.1) is 21.3 Å². The van der Waals surface area contributed by atoms with Crippen molar-refractivity contribution in [2.45, 2.75) is 6.42 Å². The normalized spacial score (nSPS) is 14.0. The third kappa shape index (κ3) is 3.22. The molecular formula is C25H23O3. The third-order valence-corrected chi connectivity index (χ3v) is 5.09. The molecule has 0 aliphatic heterocycles. The molecule has 0 saturated carbocycles. The van der Waals surface area contributed by atoms with Crippen LogP contribution >= 0.6 is 0 Å². The van der Waals surface area contributed by atoms with Gasteiger partial charge in [0.2, 0.25) is 5.75 Å². The molecule has 0 amide bonds. The fraction of sp³-hybridized carbons (Fsp3) is 0.160. The van der Waals surface area contributed by atoms with Gasteiger partial charge in [-0.2, -0.15) is 0 Å². The second kappa shape index (κ2) is 7.97. The SMILES string of the molecule is COc1cc2c(c(OC)c1OC)[C](c1ccccc1)[CH][C]2Cc1ccccc1. The van der Waals surface area contributed by atoms with Gasteiger partial charge in [-0.25, -0.2) is 0 Å². The van der Waals surface area contributed by atoms with Crippen LogP contribution in [0.25, 0.3) is 0 Å². The highest BCUT2D eigenvalue weighted by Crippen LogP contribution is 2.54. The van der Waals surface area contributed by atoms with Crippen LogP contribution in [0.3, 0.4) is 0 Å². The zero-order valence-corrected chi connectivity index (χ0v) is 16.4. The molecule has 0 aromatic heterocycles. The number of benzene rings is 3. The van der Waals surface area contributed by atoms with Gasteiger partial charge in [-0.15, -0.1) is 0 Å². The van der Waals surface area contributed by atoms with Gasteiger partial charge in [-0.05, 0) is 35.6 Å². The topological polar surface area (TPSA) is 27.7 Å². The van der Waals surface area contributed by atoms with E-state index in [2.05, 4.69) is 61.0 Å². The van der Waals surface area contributed by atoms with Crippen molar-refractivity contribution in [1.82, 2.24) is 0 Å². The van der Waals surface area contributed by atoms with Crippen LogP contribution in [0, 0.1) is 18.3 Å². The predicted molar refractivity (Wildman–Crippen MR) is 111 cm³/mol. The van der Waals surface area contributed by atoms with E-state index in [1.165, 1.54) is 11.5 Å². The maximum absolute atomic E-state index is 5.81. The lowest BCUT2D eigenvalue weighted by atomic mass is 9.91. The van der Waals surface area contributed by atoms with E-state index in [1.807, 2.05) is 12.1 Å². The van der Waals surface area contributed by atoms with Gasteiger partial charge < -0.3 is 14.2 Å². The molecule has 0 saturated heterocycles. The van der Waals surface area contributed by atoms with Crippen LogP contribution in [0.5, 0.6) is 17.2 Å². The number of rotatable bonds is 6. The first-order chi connectivity index (χ1) is 13.8. The minimum absolute atomic E-state index is 0.617. The Morgan fingerprint density at radius 2 is 1.36 bits per heavy atom. The molecule has 0 bridgehead atoms.